The van der Waals surface area contributed by atoms with Crippen LogP contribution in [-0.4, -0.2) is 22.8 Å². The van der Waals surface area contributed by atoms with Gasteiger partial charge in [-0.25, -0.2) is 0 Å². The normalized spacial score (nSPS) is 33.8. The van der Waals surface area contributed by atoms with Gasteiger partial charge in [-0.2, -0.15) is 0 Å². The molecule has 2 nitrogen and oxygen atoms in total. The summed E-state index contributed by atoms with van der Waals surface area (Å²) < 4.78 is 0. The maximum absolute atomic E-state index is 9.76. The van der Waals surface area contributed by atoms with Crippen LogP contribution < -0.4 is 5.32 Å². The summed E-state index contributed by atoms with van der Waals surface area (Å²) in [6.45, 7) is 10.7. The van der Waals surface area contributed by atoms with Crippen LogP contribution in [0.3, 0.4) is 0 Å². The Kier molecular flexibility index (Phi) is 4.81. The van der Waals surface area contributed by atoms with Crippen LogP contribution in [0.4, 0.5) is 0 Å². The lowest BCUT2D eigenvalue weighted by Crippen LogP contribution is -2.55. The molecule has 0 heterocycles. The quantitative estimate of drug-likeness (QED) is 0.774. The van der Waals surface area contributed by atoms with E-state index in [1.807, 2.05) is 6.92 Å². The van der Waals surface area contributed by atoms with E-state index in [1.165, 1.54) is 25.7 Å². The lowest BCUT2D eigenvalue weighted by Gasteiger charge is -2.41. The van der Waals surface area contributed by atoms with Gasteiger partial charge in [-0.1, -0.05) is 20.3 Å². The molecule has 1 aliphatic rings. The second kappa shape index (κ2) is 5.50. The third-order valence-electron chi connectivity index (χ3n) is 4.37. The molecular formula is C14H29NO. The molecule has 0 saturated heterocycles. The Morgan fingerprint density at radius 2 is 2.00 bits per heavy atom. The molecule has 2 N–H and O–H groups in total. The fraction of sp³-hybridized carbons (Fsp3) is 1.00. The van der Waals surface area contributed by atoms with Gasteiger partial charge in [0.2, 0.25) is 0 Å². The molecule has 0 radical (unpaired) electrons. The molecule has 1 aliphatic carbocycles. The van der Waals surface area contributed by atoms with E-state index in [0.29, 0.717) is 6.04 Å². The van der Waals surface area contributed by atoms with Crippen LogP contribution in [0.1, 0.15) is 60.3 Å². The molecule has 2 heteroatoms. The van der Waals surface area contributed by atoms with Crippen LogP contribution in [0, 0.1) is 11.8 Å². The van der Waals surface area contributed by atoms with Crippen molar-refractivity contribution in [3.63, 3.8) is 0 Å². The van der Waals surface area contributed by atoms with Crippen molar-refractivity contribution < 1.29 is 5.11 Å². The Balaban J connectivity index is 2.58. The highest BCUT2D eigenvalue weighted by molar-refractivity contribution is 4.91. The van der Waals surface area contributed by atoms with E-state index in [4.69, 9.17) is 0 Å². The minimum atomic E-state index is -0.302. The zero-order valence-electron chi connectivity index (χ0n) is 11.6. The second-order valence-corrected chi connectivity index (χ2v) is 6.24. The van der Waals surface area contributed by atoms with Gasteiger partial charge < -0.3 is 10.4 Å². The van der Waals surface area contributed by atoms with E-state index in [9.17, 15) is 5.11 Å². The third-order valence-corrected chi connectivity index (χ3v) is 4.37. The molecule has 4 unspecified atom stereocenters. The van der Waals surface area contributed by atoms with Gasteiger partial charge in [0.25, 0.3) is 0 Å². The van der Waals surface area contributed by atoms with Crippen molar-refractivity contribution in [2.45, 2.75) is 78.0 Å². The Morgan fingerprint density at radius 3 is 2.50 bits per heavy atom. The number of hydrogen-bond donors (Lipinski definition) is 2. The second-order valence-electron chi connectivity index (χ2n) is 6.24. The number of rotatable bonds is 4. The highest BCUT2D eigenvalue weighted by Gasteiger charge is 2.33. The highest BCUT2D eigenvalue weighted by Crippen LogP contribution is 2.32. The fourth-order valence-corrected chi connectivity index (χ4v) is 2.74. The van der Waals surface area contributed by atoms with Crippen molar-refractivity contribution in [3.8, 4) is 0 Å². The first kappa shape index (κ1) is 14.0. The number of hydrogen-bond acceptors (Lipinski definition) is 2. The summed E-state index contributed by atoms with van der Waals surface area (Å²) in [7, 11) is 0. The van der Waals surface area contributed by atoms with Gasteiger partial charge in [0.15, 0.2) is 0 Å². The Morgan fingerprint density at radius 1 is 1.38 bits per heavy atom. The topological polar surface area (TPSA) is 32.3 Å². The van der Waals surface area contributed by atoms with Gasteiger partial charge in [-0.05, 0) is 51.9 Å². The van der Waals surface area contributed by atoms with E-state index in [1.54, 1.807) is 0 Å². The largest absolute Gasteiger partial charge is 0.392 e. The molecule has 0 aliphatic heterocycles. The Hall–Kier alpha value is -0.0800. The summed E-state index contributed by atoms with van der Waals surface area (Å²) in [6.07, 6.45) is 4.87. The average molecular weight is 227 g/mol. The number of aliphatic hydroxyl groups excluding tert-OH is 1. The molecule has 16 heavy (non-hydrogen) atoms. The van der Waals surface area contributed by atoms with Crippen LogP contribution in [0.5, 0.6) is 0 Å². The van der Waals surface area contributed by atoms with Gasteiger partial charge in [-0.15, -0.1) is 0 Å². The van der Waals surface area contributed by atoms with Gasteiger partial charge in [-0.3, -0.25) is 0 Å². The molecule has 0 bridgehead atoms. The van der Waals surface area contributed by atoms with Crippen molar-refractivity contribution >= 4 is 0 Å². The lowest BCUT2D eigenvalue weighted by molar-refractivity contribution is 0.0679. The molecule has 0 aromatic heterocycles. The molecular weight excluding hydrogens is 198 g/mol. The highest BCUT2D eigenvalue weighted by atomic mass is 16.3. The standard InChI is InChI=1S/C14H29NO/c1-6-12-9-10(2)7-8-13(12)15-14(4,5)11(3)16/h10-13,15-16H,6-9H2,1-5H3. The molecule has 1 fully saturated rings. The van der Waals surface area contributed by atoms with Gasteiger partial charge in [0.1, 0.15) is 0 Å². The summed E-state index contributed by atoms with van der Waals surface area (Å²) in [5.74, 6) is 1.65. The van der Waals surface area contributed by atoms with Crippen molar-refractivity contribution in [2.24, 2.45) is 11.8 Å². The fourth-order valence-electron chi connectivity index (χ4n) is 2.74. The summed E-state index contributed by atoms with van der Waals surface area (Å²) in [5, 5.41) is 13.4. The zero-order valence-corrected chi connectivity index (χ0v) is 11.6. The SMILES string of the molecule is CCC1CC(C)CCC1NC(C)(C)C(C)O. The Bertz CT molecular complexity index is 213. The average Bonchev–Trinajstić information content (AvgIpc) is 2.20. The molecule has 0 amide bonds. The molecule has 0 aromatic carbocycles. The van der Waals surface area contributed by atoms with Crippen LogP contribution in [0.2, 0.25) is 0 Å². The first-order chi connectivity index (χ1) is 7.36. The summed E-state index contributed by atoms with van der Waals surface area (Å²) in [4.78, 5) is 0. The van der Waals surface area contributed by atoms with Crippen molar-refractivity contribution in [2.75, 3.05) is 0 Å². The predicted octanol–water partition coefficient (Wildman–Crippen LogP) is 2.95. The lowest BCUT2D eigenvalue weighted by atomic mass is 9.76. The third kappa shape index (κ3) is 3.46. The maximum atomic E-state index is 9.76. The summed E-state index contributed by atoms with van der Waals surface area (Å²) in [5.41, 5.74) is -0.168. The first-order valence-electron chi connectivity index (χ1n) is 6.82. The number of aliphatic hydroxyl groups is 1. The molecule has 0 aromatic rings. The molecule has 0 spiro atoms. The van der Waals surface area contributed by atoms with Crippen LogP contribution in [0.15, 0.2) is 0 Å². The van der Waals surface area contributed by atoms with E-state index in [-0.39, 0.29) is 11.6 Å². The van der Waals surface area contributed by atoms with Gasteiger partial charge in [0, 0.05) is 11.6 Å². The van der Waals surface area contributed by atoms with Crippen molar-refractivity contribution in [1.82, 2.24) is 5.32 Å². The first-order valence-corrected chi connectivity index (χ1v) is 6.82. The van der Waals surface area contributed by atoms with Gasteiger partial charge in [0.05, 0.1) is 6.10 Å². The monoisotopic (exact) mass is 227 g/mol. The van der Waals surface area contributed by atoms with Gasteiger partial charge >= 0.3 is 0 Å². The minimum Gasteiger partial charge on any atom is -0.392 e. The van der Waals surface area contributed by atoms with Crippen molar-refractivity contribution in [3.05, 3.63) is 0 Å². The van der Waals surface area contributed by atoms with E-state index in [2.05, 4.69) is 33.0 Å². The van der Waals surface area contributed by atoms with E-state index >= 15 is 0 Å². The molecule has 1 rings (SSSR count). The maximum Gasteiger partial charge on any atom is 0.0688 e. The van der Waals surface area contributed by atoms with Crippen LogP contribution in [0.25, 0.3) is 0 Å². The Labute approximate surface area is 101 Å². The zero-order chi connectivity index (χ0) is 12.3. The van der Waals surface area contributed by atoms with E-state index < -0.39 is 0 Å². The molecule has 96 valence electrons. The summed E-state index contributed by atoms with van der Waals surface area (Å²) in [6, 6.07) is 0.589. The molecule has 1 saturated carbocycles. The molecule has 4 atom stereocenters. The van der Waals surface area contributed by atoms with E-state index in [0.717, 1.165) is 11.8 Å². The van der Waals surface area contributed by atoms with Crippen LogP contribution in [-0.2, 0) is 0 Å². The van der Waals surface area contributed by atoms with Crippen molar-refractivity contribution in [1.29, 1.82) is 0 Å². The smallest absolute Gasteiger partial charge is 0.0688 e. The predicted molar refractivity (Wildman–Crippen MR) is 69.5 cm³/mol. The minimum absolute atomic E-state index is 0.168. The number of nitrogens with one attached hydrogen (secondary N) is 1. The van der Waals surface area contributed by atoms with Crippen LogP contribution >= 0.6 is 0 Å². The summed E-state index contributed by atoms with van der Waals surface area (Å²) >= 11 is 0.